The van der Waals surface area contributed by atoms with Gasteiger partial charge < -0.3 is 20.1 Å². The lowest BCUT2D eigenvalue weighted by molar-refractivity contribution is -0.0835. The smallest absolute Gasteiger partial charge is 0.190 e. The number of halogens is 1. The van der Waals surface area contributed by atoms with Crippen molar-refractivity contribution in [2.24, 2.45) is 16.3 Å². The fourth-order valence-corrected chi connectivity index (χ4v) is 3.21. The first-order chi connectivity index (χ1) is 11.0. The minimum Gasteiger partial charge on any atom is -0.385 e. The maximum absolute atomic E-state index is 6.04. The third-order valence-electron chi connectivity index (χ3n) is 4.37. The van der Waals surface area contributed by atoms with Crippen LogP contribution < -0.4 is 10.6 Å². The largest absolute Gasteiger partial charge is 0.385 e. The second kappa shape index (κ2) is 13.2. The Kier molecular flexibility index (Phi) is 13.1. The molecular formula is C18H38IN3O2. The standard InChI is InChI=1S/C18H37N3O2.HI/c1-18(2,3)16-15(10-9-13-23-16)14-21-17(19-4)20-11-7-6-8-12-22-5;/h15-16H,6-14H2,1-5H3,(H2,19,20,21);1H. The van der Waals surface area contributed by atoms with Gasteiger partial charge in [0, 0.05) is 46.4 Å². The molecule has 0 aromatic heterocycles. The molecular weight excluding hydrogens is 417 g/mol. The third kappa shape index (κ3) is 9.42. The van der Waals surface area contributed by atoms with Crippen LogP contribution in [0.1, 0.15) is 52.9 Å². The zero-order chi connectivity index (χ0) is 17.1. The number of hydrogen-bond acceptors (Lipinski definition) is 3. The van der Waals surface area contributed by atoms with Crippen molar-refractivity contribution >= 4 is 29.9 Å². The lowest BCUT2D eigenvalue weighted by atomic mass is 9.78. The summed E-state index contributed by atoms with van der Waals surface area (Å²) in [5.41, 5.74) is 0.186. The maximum atomic E-state index is 6.04. The highest BCUT2D eigenvalue weighted by atomic mass is 127. The van der Waals surface area contributed by atoms with E-state index in [2.05, 4.69) is 36.4 Å². The average molecular weight is 455 g/mol. The van der Waals surface area contributed by atoms with Crippen molar-refractivity contribution in [2.45, 2.75) is 59.0 Å². The number of rotatable bonds is 8. The molecule has 1 fully saturated rings. The molecule has 1 aliphatic heterocycles. The minimum atomic E-state index is 0. The van der Waals surface area contributed by atoms with E-state index >= 15 is 0 Å². The van der Waals surface area contributed by atoms with Crippen LogP contribution in [0.4, 0.5) is 0 Å². The summed E-state index contributed by atoms with van der Waals surface area (Å²) in [4.78, 5) is 4.32. The molecule has 0 radical (unpaired) electrons. The van der Waals surface area contributed by atoms with Gasteiger partial charge in [-0.05, 0) is 37.5 Å². The summed E-state index contributed by atoms with van der Waals surface area (Å²) in [6.07, 6.45) is 6.14. The highest BCUT2D eigenvalue weighted by Crippen LogP contribution is 2.33. The molecule has 1 saturated heterocycles. The van der Waals surface area contributed by atoms with Gasteiger partial charge in [0.25, 0.3) is 0 Å². The number of aliphatic imine (C=N–C) groups is 1. The van der Waals surface area contributed by atoms with Crippen molar-refractivity contribution in [1.82, 2.24) is 10.6 Å². The van der Waals surface area contributed by atoms with Gasteiger partial charge in [-0.3, -0.25) is 4.99 Å². The van der Waals surface area contributed by atoms with Gasteiger partial charge >= 0.3 is 0 Å². The Balaban J connectivity index is 0.00000529. The highest BCUT2D eigenvalue weighted by molar-refractivity contribution is 14.0. The first kappa shape index (κ1) is 23.9. The van der Waals surface area contributed by atoms with Crippen molar-refractivity contribution < 1.29 is 9.47 Å². The normalized spacial score (nSPS) is 22.0. The third-order valence-corrected chi connectivity index (χ3v) is 4.37. The quantitative estimate of drug-likeness (QED) is 0.255. The molecule has 0 amide bonds. The van der Waals surface area contributed by atoms with Gasteiger partial charge in [0.2, 0.25) is 0 Å². The SMILES string of the molecule is CN=C(NCCCCCOC)NCC1CCCOC1C(C)(C)C.I. The molecule has 6 heteroatoms. The molecule has 1 aliphatic rings. The molecule has 0 spiro atoms. The fourth-order valence-electron chi connectivity index (χ4n) is 3.21. The van der Waals surface area contributed by atoms with Crippen molar-refractivity contribution in [1.29, 1.82) is 0 Å². The number of methoxy groups -OCH3 is 1. The zero-order valence-electron chi connectivity index (χ0n) is 16.2. The monoisotopic (exact) mass is 455 g/mol. The van der Waals surface area contributed by atoms with Crippen LogP contribution in [0.25, 0.3) is 0 Å². The van der Waals surface area contributed by atoms with Crippen LogP contribution in [0, 0.1) is 11.3 Å². The number of unbranched alkanes of at least 4 members (excludes halogenated alkanes) is 2. The van der Waals surface area contributed by atoms with E-state index in [0.717, 1.165) is 51.5 Å². The Morgan fingerprint density at radius 1 is 1.21 bits per heavy atom. The number of ether oxygens (including phenoxy) is 2. The molecule has 2 N–H and O–H groups in total. The van der Waals surface area contributed by atoms with E-state index in [-0.39, 0.29) is 29.4 Å². The van der Waals surface area contributed by atoms with Crippen LogP contribution in [0.2, 0.25) is 0 Å². The van der Waals surface area contributed by atoms with Crippen LogP contribution >= 0.6 is 24.0 Å². The van der Waals surface area contributed by atoms with E-state index in [1.54, 1.807) is 7.11 Å². The topological polar surface area (TPSA) is 54.9 Å². The second-order valence-electron chi connectivity index (χ2n) is 7.49. The van der Waals surface area contributed by atoms with Crippen LogP contribution in [0.3, 0.4) is 0 Å². The van der Waals surface area contributed by atoms with Crippen molar-refractivity contribution in [3.63, 3.8) is 0 Å². The Labute approximate surface area is 165 Å². The molecule has 0 bridgehead atoms. The van der Waals surface area contributed by atoms with Gasteiger partial charge in [-0.1, -0.05) is 20.8 Å². The average Bonchev–Trinajstić information content (AvgIpc) is 2.53. The van der Waals surface area contributed by atoms with Gasteiger partial charge in [0.15, 0.2) is 5.96 Å². The predicted octanol–water partition coefficient (Wildman–Crippen LogP) is 3.43. The first-order valence-corrected chi connectivity index (χ1v) is 9.04. The Hall–Kier alpha value is -0.0800. The molecule has 2 unspecified atom stereocenters. The lowest BCUT2D eigenvalue weighted by Gasteiger charge is -2.40. The van der Waals surface area contributed by atoms with Gasteiger partial charge in [0.05, 0.1) is 6.10 Å². The summed E-state index contributed by atoms with van der Waals surface area (Å²) in [7, 11) is 3.59. The van der Waals surface area contributed by atoms with E-state index in [1.165, 1.54) is 12.8 Å². The van der Waals surface area contributed by atoms with E-state index < -0.39 is 0 Å². The van der Waals surface area contributed by atoms with Crippen LogP contribution in [0.15, 0.2) is 4.99 Å². The fraction of sp³-hybridized carbons (Fsp3) is 0.944. The summed E-state index contributed by atoms with van der Waals surface area (Å²) in [5, 5.41) is 6.87. The molecule has 24 heavy (non-hydrogen) atoms. The molecule has 0 aromatic carbocycles. The zero-order valence-corrected chi connectivity index (χ0v) is 18.5. The molecule has 144 valence electrons. The summed E-state index contributed by atoms with van der Waals surface area (Å²) in [6, 6.07) is 0. The van der Waals surface area contributed by atoms with Crippen molar-refractivity contribution in [3.8, 4) is 0 Å². The number of nitrogens with one attached hydrogen (secondary N) is 2. The van der Waals surface area contributed by atoms with E-state index in [0.29, 0.717) is 12.0 Å². The van der Waals surface area contributed by atoms with Gasteiger partial charge in [-0.15, -0.1) is 24.0 Å². The number of guanidine groups is 1. The molecule has 0 aliphatic carbocycles. The van der Waals surface area contributed by atoms with Crippen LogP contribution in [0.5, 0.6) is 0 Å². The van der Waals surface area contributed by atoms with E-state index in [4.69, 9.17) is 9.47 Å². The first-order valence-electron chi connectivity index (χ1n) is 9.04. The molecule has 1 heterocycles. The molecule has 1 rings (SSSR count). The molecule has 0 saturated carbocycles. The molecule has 2 atom stereocenters. The summed E-state index contributed by atoms with van der Waals surface area (Å²) in [5.74, 6) is 1.44. The minimum absolute atomic E-state index is 0. The Bertz CT molecular complexity index is 346. The van der Waals surface area contributed by atoms with E-state index in [1.807, 2.05) is 7.05 Å². The molecule has 5 nitrogen and oxygen atoms in total. The summed E-state index contributed by atoms with van der Waals surface area (Å²) < 4.78 is 11.1. The maximum Gasteiger partial charge on any atom is 0.190 e. The lowest BCUT2D eigenvalue weighted by Crippen LogP contribution is -2.47. The van der Waals surface area contributed by atoms with Gasteiger partial charge in [0.1, 0.15) is 0 Å². The summed E-state index contributed by atoms with van der Waals surface area (Å²) in [6.45, 7) is 10.4. The van der Waals surface area contributed by atoms with Crippen LogP contribution in [-0.4, -0.2) is 52.5 Å². The number of nitrogens with zero attached hydrogens (tertiary/aromatic N) is 1. The van der Waals surface area contributed by atoms with Gasteiger partial charge in [-0.25, -0.2) is 0 Å². The van der Waals surface area contributed by atoms with Crippen molar-refractivity contribution in [3.05, 3.63) is 0 Å². The highest BCUT2D eigenvalue weighted by Gasteiger charge is 2.35. The van der Waals surface area contributed by atoms with Crippen LogP contribution in [-0.2, 0) is 9.47 Å². The molecule has 0 aromatic rings. The van der Waals surface area contributed by atoms with E-state index in [9.17, 15) is 0 Å². The second-order valence-corrected chi connectivity index (χ2v) is 7.49. The van der Waals surface area contributed by atoms with Crippen molar-refractivity contribution in [2.75, 3.05) is 40.5 Å². The Morgan fingerprint density at radius 3 is 2.58 bits per heavy atom. The summed E-state index contributed by atoms with van der Waals surface area (Å²) >= 11 is 0. The van der Waals surface area contributed by atoms with Gasteiger partial charge in [-0.2, -0.15) is 0 Å². The number of hydrogen-bond donors (Lipinski definition) is 2. The Morgan fingerprint density at radius 2 is 1.96 bits per heavy atom. The predicted molar refractivity (Wildman–Crippen MR) is 112 cm³/mol.